The molecule has 1 aliphatic heterocycles. The van der Waals surface area contributed by atoms with Crippen molar-refractivity contribution in [3.63, 3.8) is 0 Å². The van der Waals surface area contributed by atoms with Gasteiger partial charge in [-0.3, -0.25) is 19.4 Å². The van der Waals surface area contributed by atoms with Gasteiger partial charge in [0.05, 0.1) is 10.9 Å². The predicted molar refractivity (Wildman–Crippen MR) is 125 cm³/mol. The number of likely N-dealkylation sites (N-methyl/N-ethyl adjacent to an activating group) is 1. The van der Waals surface area contributed by atoms with E-state index in [0.29, 0.717) is 36.3 Å². The number of aryl methyl sites for hydroxylation is 2. The van der Waals surface area contributed by atoms with Crippen molar-refractivity contribution in [1.82, 2.24) is 23.8 Å². The zero-order valence-electron chi connectivity index (χ0n) is 19.2. The molecule has 1 saturated heterocycles. The van der Waals surface area contributed by atoms with Crippen LogP contribution in [0.25, 0.3) is 16.7 Å². The number of rotatable bonds is 6. The van der Waals surface area contributed by atoms with Gasteiger partial charge in [0.1, 0.15) is 16.8 Å². The first-order valence-electron chi connectivity index (χ1n) is 11.6. The van der Waals surface area contributed by atoms with Crippen molar-refractivity contribution in [3.8, 4) is 0 Å². The van der Waals surface area contributed by atoms with Crippen molar-refractivity contribution in [1.29, 1.82) is 5.41 Å². The molecule has 4 heterocycles. The molecule has 8 heteroatoms. The molecule has 0 atom stereocenters. The van der Waals surface area contributed by atoms with E-state index in [2.05, 4.69) is 18.7 Å². The molecule has 0 saturated carbocycles. The second-order valence-electron chi connectivity index (χ2n) is 8.53. The number of fused-ring (bicyclic) bond motifs is 2. The summed E-state index contributed by atoms with van der Waals surface area (Å²) >= 11 is 0. The summed E-state index contributed by atoms with van der Waals surface area (Å²) in [4.78, 5) is 35.7. The van der Waals surface area contributed by atoms with Crippen LogP contribution in [0.1, 0.15) is 49.0 Å². The van der Waals surface area contributed by atoms with Gasteiger partial charge in [0, 0.05) is 38.9 Å². The van der Waals surface area contributed by atoms with Gasteiger partial charge < -0.3 is 14.4 Å². The molecule has 1 aliphatic rings. The van der Waals surface area contributed by atoms with Gasteiger partial charge in [-0.1, -0.05) is 32.8 Å². The van der Waals surface area contributed by atoms with Gasteiger partial charge in [-0.15, -0.1) is 0 Å². The Morgan fingerprint density at radius 1 is 1.12 bits per heavy atom. The monoisotopic (exact) mass is 436 g/mol. The Balaban J connectivity index is 1.88. The van der Waals surface area contributed by atoms with Crippen molar-refractivity contribution >= 4 is 22.6 Å². The lowest BCUT2D eigenvalue weighted by Gasteiger charge is -2.34. The number of piperazine rings is 1. The Morgan fingerprint density at radius 3 is 2.56 bits per heavy atom. The highest BCUT2D eigenvalue weighted by atomic mass is 16.2. The number of amides is 1. The second-order valence-corrected chi connectivity index (χ2v) is 8.53. The van der Waals surface area contributed by atoms with Gasteiger partial charge in [0.2, 0.25) is 0 Å². The van der Waals surface area contributed by atoms with E-state index in [9.17, 15) is 9.59 Å². The molecule has 0 unspecified atom stereocenters. The third-order valence-electron chi connectivity index (χ3n) is 6.46. The fourth-order valence-electron chi connectivity index (χ4n) is 4.43. The lowest BCUT2D eigenvalue weighted by molar-refractivity contribution is 0.0640. The normalized spacial score (nSPS) is 15.0. The lowest BCUT2D eigenvalue weighted by atomic mass is 10.1. The van der Waals surface area contributed by atoms with Crippen molar-refractivity contribution in [2.45, 2.75) is 46.6 Å². The molecule has 0 radical (unpaired) electrons. The van der Waals surface area contributed by atoms with Crippen LogP contribution in [0.2, 0.25) is 0 Å². The third-order valence-corrected chi connectivity index (χ3v) is 6.46. The second kappa shape index (κ2) is 9.24. The van der Waals surface area contributed by atoms with Crippen LogP contribution < -0.4 is 11.0 Å². The predicted octanol–water partition coefficient (Wildman–Crippen LogP) is 2.40. The van der Waals surface area contributed by atoms with Crippen LogP contribution in [0.4, 0.5) is 0 Å². The number of nitrogens with one attached hydrogen (secondary N) is 1. The van der Waals surface area contributed by atoms with Crippen LogP contribution in [0.15, 0.2) is 29.2 Å². The molecule has 4 rings (SSSR count). The summed E-state index contributed by atoms with van der Waals surface area (Å²) in [5.74, 6) is -0.175. The maximum absolute atomic E-state index is 13.4. The summed E-state index contributed by atoms with van der Waals surface area (Å²) < 4.78 is 3.29. The summed E-state index contributed by atoms with van der Waals surface area (Å²) in [6, 6.07) is 5.34. The number of aromatic nitrogens is 3. The molecular formula is C24H32N6O2. The minimum absolute atomic E-state index is 0.140. The molecule has 0 aliphatic carbocycles. The minimum Gasteiger partial charge on any atom is -0.336 e. The van der Waals surface area contributed by atoms with E-state index in [4.69, 9.17) is 10.4 Å². The van der Waals surface area contributed by atoms with Gasteiger partial charge in [0.25, 0.3) is 11.5 Å². The van der Waals surface area contributed by atoms with Crippen LogP contribution in [-0.4, -0.2) is 62.4 Å². The average molecular weight is 437 g/mol. The first kappa shape index (κ1) is 22.2. The van der Waals surface area contributed by atoms with Gasteiger partial charge in [-0.25, -0.2) is 4.98 Å². The van der Waals surface area contributed by atoms with Crippen molar-refractivity contribution in [2.24, 2.45) is 0 Å². The largest absolute Gasteiger partial charge is 0.336 e. The number of hydrogen-bond acceptors (Lipinski definition) is 5. The number of unbranched alkanes of at least 4 members (excludes halogenated alkanes) is 2. The first-order chi connectivity index (χ1) is 15.5. The molecule has 0 bridgehead atoms. The van der Waals surface area contributed by atoms with Gasteiger partial charge in [-0.05, 0) is 37.6 Å². The Morgan fingerprint density at radius 2 is 1.88 bits per heavy atom. The maximum atomic E-state index is 13.4. The summed E-state index contributed by atoms with van der Waals surface area (Å²) in [7, 11) is 0. The highest BCUT2D eigenvalue weighted by Crippen LogP contribution is 2.15. The highest BCUT2D eigenvalue weighted by molar-refractivity contribution is 5.97. The summed E-state index contributed by atoms with van der Waals surface area (Å²) in [5.41, 5.74) is 2.18. The zero-order valence-corrected chi connectivity index (χ0v) is 19.2. The summed E-state index contributed by atoms with van der Waals surface area (Å²) in [6.45, 7) is 10.6. The van der Waals surface area contributed by atoms with E-state index in [1.807, 2.05) is 19.1 Å². The maximum Gasteiger partial charge on any atom is 0.267 e. The average Bonchev–Trinajstić information content (AvgIpc) is 2.81. The highest BCUT2D eigenvalue weighted by Gasteiger charge is 2.25. The Bertz CT molecular complexity index is 1270. The summed E-state index contributed by atoms with van der Waals surface area (Å²) in [6.07, 6.45) is 4.63. The first-order valence-corrected chi connectivity index (χ1v) is 11.6. The van der Waals surface area contributed by atoms with Crippen LogP contribution in [0.3, 0.4) is 0 Å². The number of hydrogen-bond donors (Lipinski definition) is 1. The van der Waals surface area contributed by atoms with Crippen LogP contribution in [0.5, 0.6) is 0 Å². The van der Waals surface area contributed by atoms with Crippen LogP contribution >= 0.6 is 0 Å². The minimum atomic E-state index is -0.206. The van der Waals surface area contributed by atoms with E-state index in [-0.39, 0.29) is 22.5 Å². The molecule has 0 aromatic carbocycles. The molecule has 32 heavy (non-hydrogen) atoms. The molecule has 1 fully saturated rings. The molecule has 1 amide bonds. The van der Waals surface area contributed by atoms with Gasteiger partial charge in [0.15, 0.2) is 0 Å². The molecule has 1 N–H and O–H groups in total. The zero-order chi connectivity index (χ0) is 22.8. The van der Waals surface area contributed by atoms with Crippen molar-refractivity contribution in [3.05, 3.63) is 51.4 Å². The Hall–Kier alpha value is -3.00. The smallest absolute Gasteiger partial charge is 0.267 e. The fraction of sp³-hybridized carbons (Fsp3) is 0.500. The lowest BCUT2D eigenvalue weighted by Crippen LogP contribution is -2.49. The van der Waals surface area contributed by atoms with Crippen LogP contribution in [0, 0.1) is 12.3 Å². The van der Waals surface area contributed by atoms with Gasteiger partial charge >= 0.3 is 0 Å². The van der Waals surface area contributed by atoms with Crippen LogP contribution in [-0.2, 0) is 6.54 Å². The fourth-order valence-corrected chi connectivity index (χ4v) is 4.43. The van der Waals surface area contributed by atoms with E-state index < -0.39 is 0 Å². The quantitative estimate of drug-likeness (QED) is 0.475. The van der Waals surface area contributed by atoms with Crippen molar-refractivity contribution in [2.75, 3.05) is 32.7 Å². The number of pyridine rings is 2. The van der Waals surface area contributed by atoms with E-state index in [0.717, 1.165) is 44.5 Å². The SMILES string of the molecule is CCCCCn1c(=N)c(C(=O)N2CCN(CC)CC2)cc2c(=O)n3cccc(C)c3nc21. The number of carbonyl (C=O) groups is 1. The molecule has 170 valence electrons. The summed E-state index contributed by atoms with van der Waals surface area (Å²) in [5, 5.41) is 9.26. The Kier molecular flexibility index (Phi) is 6.41. The van der Waals surface area contributed by atoms with E-state index in [1.165, 1.54) is 4.40 Å². The van der Waals surface area contributed by atoms with Crippen molar-refractivity contribution < 1.29 is 4.79 Å². The standard InChI is InChI=1S/C24H32N6O2/c1-4-6-7-10-29-20(25)18(23(31)28-14-12-27(5-2)13-15-28)16-19-22(29)26-21-17(3)9-8-11-30(21)24(19)32/h8-9,11,16,25H,4-7,10,12-15H2,1-3H3. The number of carbonyl (C=O) groups excluding carboxylic acids is 1. The van der Waals surface area contributed by atoms with E-state index >= 15 is 0 Å². The molecule has 3 aromatic rings. The topological polar surface area (TPSA) is 86.7 Å². The molecule has 0 spiro atoms. The Labute approximate surface area is 187 Å². The third kappa shape index (κ3) is 3.95. The number of nitrogens with zero attached hydrogens (tertiary/aromatic N) is 5. The molecule has 8 nitrogen and oxygen atoms in total. The van der Waals surface area contributed by atoms with Gasteiger partial charge in [-0.2, -0.15) is 0 Å². The van der Waals surface area contributed by atoms with E-state index in [1.54, 1.807) is 21.7 Å². The molecular weight excluding hydrogens is 404 g/mol. The molecule has 3 aromatic heterocycles.